The number of hydrogen-bond donors (Lipinski definition) is 4. The summed E-state index contributed by atoms with van der Waals surface area (Å²) in [5.41, 5.74) is 7.52. The van der Waals surface area contributed by atoms with Gasteiger partial charge in [0.1, 0.15) is 6.61 Å². The highest BCUT2D eigenvalue weighted by atomic mass is 35.5. The number of thiocarbonyl (C=S) groups is 1. The van der Waals surface area contributed by atoms with Crippen molar-refractivity contribution >= 4 is 52.3 Å². The molecule has 1 aliphatic heterocycles. The molecule has 36 heavy (non-hydrogen) atoms. The summed E-state index contributed by atoms with van der Waals surface area (Å²) in [5.74, 6) is -0.325. The van der Waals surface area contributed by atoms with E-state index in [-0.39, 0.29) is 23.7 Å². The zero-order valence-electron chi connectivity index (χ0n) is 21.1. The van der Waals surface area contributed by atoms with Crippen LogP contribution in [0.1, 0.15) is 45.2 Å². The highest BCUT2D eigenvalue weighted by Gasteiger charge is 2.32. The molecule has 0 saturated carbocycles. The smallest absolute Gasteiger partial charge is 0.317 e. The number of benzene rings is 2. The molecule has 2 aromatic carbocycles. The molecule has 1 fully saturated rings. The number of likely N-dealkylation sites (tertiary alicyclic amines) is 1. The van der Waals surface area contributed by atoms with E-state index in [1.165, 1.54) is 0 Å². The van der Waals surface area contributed by atoms with Crippen molar-refractivity contribution in [3.8, 4) is 0 Å². The number of amides is 2. The molecule has 0 radical (unpaired) electrons. The molecule has 8 nitrogen and oxygen atoms in total. The van der Waals surface area contributed by atoms with Crippen molar-refractivity contribution in [2.75, 3.05) is 30.7 Å². The standard InChI is InChI=1S/C26H34ClN5O3S/c1-25(2,3)22(33)35-16-26(4,18-9-6-10-19(27)14-18)31-23(36)30-20-11-5-8-17(21(20)28)15-29-24(34)32-12-7-13-32/h5-6,8-11,14H,7,12-13,15-16,28H2,1-4H3,(H,29,34)(H2,30,31,36). The van der Waals surface area contributed by atoms with Crippen LogP contribution in [0.25, 0.3) is 0 Å². The predicted molar refractivity (Wildman–Crippen MR) is 148 cm³/mol. The van der Waals surface area contributed by atoms with Crippen LogP contribution in [0.4, 0.5) is 16.2 Å². The number of nitrogens with two attached hydrogens (primary N) is 1. The van der Waals surface area contributed by atoms with Gasteiger partial charge >= 0.3 is 12.0 Å². The van der Waals surface area contributed by atoms with Crippen molar-refractivity contribution in [3.05, 3.63) is 58.6 Å². The number of para-hydroxylation sites is 1. The van der Waals surface area contributed by atoms with Gasteiger partial charge in [0.05, 0.1) is 22.3 Å². The number of halogens is 1. The third-order valence-corrected chi connectivity index (χ3v) is 6.41. The molecule has 2 amide bonds. The highest BCUT2D eigenvalue weighted by molar-refractivity contribution is 7.80. The van der Waals surface area contributed by atoms with E-state index in [2.05, 4.69) is 16.0 Å². The second kappa shape index (κ2) is 11.3. The van der Waals surface area contributed by atoms with Crippen LogP contribution in [0.2, 0.25) is 5.02 Å². The summed E-state index contributed by atoms with van der Waals surface area (Å²) in [6.45, 7) is 9.17. The van der Waals surface area contributed by atoms with E-state index >= 15 is 0 Å². The van der Waals surface area contributed by atoms with E-state index < -0.39 is 11.0 Å². The summed E-state index contributed by atoms with van der Waals surface area (Å²) in [5, 5.41) is 10.2. The summed E-state index contributed by atoms with van der Waals surface area (Å²) >= 11 is 11.9. The Morgan fingerprint density at radius 1 is 1.14 bits per heavy atom. The van der Waals surface area contributed by atoms with Gasteiger partial charge in [-0.15, -0.1) is 0 Å². The van der Waals surface area contributed by atoms with E-state index in [9.17, 15) is 9.59 Å². The van der Waals surface area contributed by atoms with Gasteiger partial charge in [-0.25, -0.2) is 4.79 Å². The van der Waals surface area contributed by atoms with Gasteiger partial charge in [0, 0.05) is 24.7 Å². The maximum absolute atomic E-state index is 12.5. The average molecular weight is 532 g/mol. The fourth-order valence-electron chi connectivity index (χ4n) is 3.53. The van der Waals surface area contributed by atoms with Crippen LogP contribution in [0.15, 0.2) is 42.5 Å². The summed E-state index contributed by atoms with van der Waals surface area (Å²) in [6.07, 6.45) is 1.03. The average Bonchev–Trinajstić information content (AvgIpc) is 2.76. The minimum atomic E-state index is -0.868. The summed E-state index contributed by atoms with van der Waals surface area (Å²) < 4.78 is 5.65. The third kappa shape index (κ3) is 7.01. The summed E-state index contributed by atoms with van der Waals surface area (Å²) in [6, 6.07) is 12.7. The van der Waals surface area contributed by atoms with Crippen LogP contribution in [0, 0.1) is 5.41 Å². The van der Waals surface area contributed by atoms with Crippen molar-refractivity contribution in [1.29, 1.82) is 0 Å². The first-order valence-corrected chi connectivity index (χ1v) is 12.6. The number of nitrogens with one attached hydrogen (secondary N) is 3. The summed E-state index contributed by atoms with van der Waals surface area (Å²) in [4.78, 5) is 26.4. The zero-order valence-corrected chi connectivity index (χ0v) is 22.7. The first-order valence-electron chi connectivity index (χ1n) is 11.8. The fourth-order valence-corrected chi connectivity index (χ4v) is 4.06. The Morgan fingerprint density at radius 3 is 2.44 bits per heavy atom. The molecular formula is C26H34ClN5O3S. The van der Waals surface area contributed by atoms with Crippen molar-refractivity contribution in [1.82, 2.24) is 15.5 Å². The second-order valence-electron chi connectivity index (χ2n) is 10.1. The lowest BCUT2D eigenvalue weighted by molar-refractivity contribution is -0.155. The van der Waals surface area contributed by atoms with Crippen molar-refractivity contribution in [2.45, 2.75) is 46.2 Å². The van der Waals surface area contributed by atoms with Gasteiger partial charge in [-0.05, 0) is 75.7 Å². The first kappa shape index (κ1) is 27.5. The third-order valence-electron chi connectivity index (χ3n) is 5.97. The highest BCUT2D eigenvalue weighted by Crippen LogP contribution is 2.27. The molecule has 1 atom stereocenters. The van der Waals surface area contributed by atoms with Crippen LogP contribution in [-0.4, -0.2) is 41.7 Å². The topological polar surface area (TPSA) is 109 Å². The number of esters is 1. The Labute approximate surface area is 222 Å². The molecule has 1 saturated heterocycles. The number of urea groups is 1. The molecule has 0 aromatic heterocycles. The Kier molecular flexibility index (Phi) is 8.68. The first-order chi connectivity index (χ1) is 16.9. The Balaban J connectivity index is 1.73. The van der Waals surface area contributed by atoms with E-state index in [1.54, 1.807) is 43.9 Å². The summed E-state index contributed by atoms with van der Waals surface area (Å²) in [7, 11) is 0. The predicted octanol–water partition coefficient (Wildman–Crippen LogP) is 4.63. The van der Waals surface area contributed by atoms with Crippen LogP contribution >= 0.6 is 23.8 Å². The van der Waals surface area contributed by atoms with E-state index in [0.717, 1.165) is 30.6 Å². The molecule has 10 heteroatoms. The number of ether oxygens (including phenoxy) is 1. The Hall–Kier alpha value is -3.04. The van der Waals surface area contributed by atoms with Crippen LogP contribution in [-0.2, 0) is 21.6 Å². The van der Waals surface area contributed by atoms with Crippen LogP contribution < -0.4 is 21.7 Å². The quantitative estimate of drug-likeness (QED) is 0.234. The van der Waals surface area contributed by atoms with Gasteiger partial charge in [0.15, 0.2) is 5.11 Å². The molecule has 194 valence electrons. The van der Waals surface area contributed by atoms with Gasteiger partial charge in [0.25, 0.3) is 0 Å². The van der Waals surface area contributed by atoms with Gasteiger partial charge in [-0.3, -0.25) is 4.79 Å². The monoisotopic (exact) mass is 531 g/mol. The number of rotatable bonds is 7. The van der Waals surface area contributed by atoms with Crippen LogP contribution in [0.3, 0.4) is 0 Å². The lowest BCUT2D eigenvalue weighted by atomic mass is 9.92. The van der Waals surface area contributed by atoms with E-state index in [0.29, 0.717) is 22.9 Å². The molecule has 0 spiro atoms. The number of hydrogen-bond acceptors (Lipinski definition) is 5. The maximum Gasteiger partial charge on any atom is 0.317 e. The molecule has 1 heterocycles. The Bertz CT molecular complexity index is 1130. The lowest BCUT2D eigenvalue weighted by Gasteiger charge is -2.33. The molecule has 0 bridgehead atoms. The van der Waals surface area contributed by atoms with Crippen molar-refractivity contribution in [3.63, 3.8) is 0 Å². The largest absolute Gasteiger partial charge is 0.462 e. The molecule has 2 aromatic rings. The molecule has 1 unspecified atom stereocenters. The maximum atomic E-state index is 12.5. The van der Waals surface area contributed by atoms with Gasteiger partial charge in [-0.1, -0.05) is 35.9 Å². The molecular weight excluding hydrogens is 498 g/mol. The minimum Gasteiger partial charge on any atom is -0.462 e. The molecule has 3 rings (SSSR count). The van der Waals surface area contributed by atoms with Gasteiger partial charge in [-0.2, -0.15) is 0 Å². The fraction of sp³-hybridized carbons (Fsp3) is 0.423. The number of nitrogen functional groups attached to an aromatic ring is 1. The molecule has 1 aliphatic rings. The van der Waals surface area contributed by atoms with E-state index in [4.69, 9.17) is 34.3 Å². The Morgan fingerprint density at radius 2 is 1.83 bits per heavy atom. The number of anilines is 2. The minimum absolute atomic E-state index is 0.0311. The zero-order chi connectivity index (χ0) is 26.5. The van der Waals surface area contributed by atoms with Crippen molar-refractivity contribution in [2.24, 2.45) is 5.41 Å². The van der Waals surface area contributed by atoms with Gasteiger partial charge in [0.2, 0.25) is 0 Å². The number of nitrogens with zero attached hydrogens (tertiary/aromatic N) is 1. The van der Waals surface area contributed by atoms with E-state index in [1.807, 2.05) is 31.2 Å². The van der Waals surface area contributed by atoms with Crippen molar-refractivity contribution < 1.29 is 14.3 Å². The SMILES string of the molecule is CC(C)(C)C(=O)OCC(C)(NC(=S)Nc1cccc(CNC(=O)N2CCC2)c1N)c1cccc(Cl)c1. The second-order valence-corrected chi connectivity index (χ2v) is 11.0. The molecule has 0 aliphatic carbocycles. The normalized spacial score (nSPS) is 14.8. The molecule has 5 N–H and O–H groups in total. The lowest BCUT2D eigenvalue weighted by Crippen LogP contribution is -2.49. The van der Waals surface area contributed by atoms with Gasteiger partial charge < -0.3 is 31.3 Å². The number of carbonyl (C=O) groups is 2. The van der Waals surface area contributed by atoms with Crippen LogP contribution in [0.5, 0.6) is 0 Å². The number of carbonyl (C=O) groups excluding carboxylic acids is 2.